The predicted molar refractivity (Wildman–Crippen MR) is 109 cm³/mol. The monoisotopic (exact) mass is 473 g/mol. The van der Waals surface area contributed by atoms with Crippen LogP contribution < -0.4 is 19.2 Å². The van der Waals surface area contributed by atoms with Crippen LogP contribution in [0.25, 0.3) is 0 Å². The minimum absolute atomic E-state index is 0.175. The molecule has 0 radical (unpaired) electrons. The highest BCUT2D eigenvalue weighted by molar-refractivity contribution is 9.10. The molecule has 1 aromatic carbocycles. The van der Waals surface area contributed by atoms with Crippen LogP contribution in [0.3, 0.4) is 0 Å². The average molecular weight is 474 g/mol. The molecule has 152 valence electrons. The van der Waals surface area contributed by atoms with E-state index in [0.29, 0.717) is 17.3 Å². The molecule has 28 heavy (non-hydrogen) atoms. The van der Waals surface area contributed by atoms with Crippen LogP contribution in [0.2, 0.25) is 0 Å². The van der Waals surface area contributed by atoms with E-state index in [2.05, 4.69) is 26.5 Å². The highest BCUT2D eigenvalue weighted by atomic mass is 79.9. The number of methoxy groups -OCH3 is 2. The number of rotatable bonds is 8. The second kappa shape index (κ2) is 9.11. The number of ether oxygens (including phenoxy) is 2. The number of hydrazone groups is 1. The van der Waals surface area contributed by atoms with Crippen molar-refractivity contribution < 1.29 is 27.1 Å². The van der Waals surface area contributed by atoms with Crippen LogP contribution in [0.1, 0.15) is 11.5 Å². The molecule has 0 saturated carbocycles. The van der Waals surface area contributed by atoms with Gasteiger partial charge in [-0.15, -0.1) is 0 Å². The van der Waals surface area contributed by atoms with Gasteiger partial charge in [0.1, 0.15) is 29.6 Å². The summed E-state index contributed by atoms with van der Waals surface area (Å²) in [5.74, 6) is 1.15. The molecule has 1 N–H and O–H groups in total. The minimum atomic E-state index is -3.79. The van der Waals surface area contributed by atoms with E-state index in [9.17, 15) is 13.2 Å². The Labute approximate surface area is 171 Å². The van der Waals surface area contributed by atoms with Crippen LogP contribution in [-0.4, -0.2) is 47.6 Å². The fourth-order valence-corrected chi connectivity index (χ4v) is 3.41. The SMILES string of the molecule is COc1ccc(OC)c(N(CC(=O)N/N=C\c2cc(Br)c(C)o2)S(C)(=O)=O)c1. The Morgan fingerprint density at radius 1 is 1.32 bits per heavy atom. The van der Waals surface area contributed by atoms with Crippen molar-refractivity contribution in [3.05, 3.63) is 40.3 Å². The standard InChI is InChI=1S/C17H20BrN3O6S/c1-11-14(18)7-13(27-11)9-19-20-17(22)10-21(28(4,23)24)15-8-12(25-2)5-6-16(15)26-3/h5-9H,10H2,1-4H3,(H,20,22)/b19-9-. The van der Waals surface area contributed by atoms with Crippen LogP contribution in [-0.2, 0) is 14.8 Å². The zero-order chi connectivity index (χ0) is 20.9. The molecule has 11 heteroatoms. The molecule has 1 aromatic heterocycles. The lowest BCUT2D eigenvalue weighted by molar-refractivity contribution is -0.119. The summed E-state index contributed by atoms with van der Waals surface area (Å²) >= 11 is 3.30. The minimum Gasteiger partial charge on any atom is -0.497 e. The van der Waals surface area contributed by atoms with Gasteiger partial charge in [0.25, 0.3) is 5.91 Å². The van der Waals surface area contributed by atoms with Crippen molar-refractivity contribution in [2.45, 2.75) is 6.92 Å². The number of hydrogen-bond donors (Lipinski definition) is 1. The van der Waals surface area contributed by atoms with Gasteiger partial charge in [-0.1, -0.05) is 0 Å². The third-order valence-electron chi connectivity index (χ3n) is 3.60. The molecule has 0 aliphatic rings. The van der Waals surface area contributed by atoms with Gasteiger partial charge < -0.3 is 13.9 Å². The van der Waals surface area contributed by atoms with Gasteiger partial charge in [0.15, 0.2) is 0 Å². The van der Waals surface area contributed by atoms with E-state index in [0.717, 1.165) is 15.0 Å². The summed E-state index contributed by atoms with van der Waals surface area (Å²) in [4.78, 5) is 12.2. The smallest absolute Gasteiger partial charge is 0.260 e. The van der Waals surface area contributed by atoms with E-state index in [1.165, 1.54) is 26.5 Å². The Morgan fingerprint density at radius 2 is 2.04 bits per heavy atom. The molecule has 0 aliphatic carbocycles. The van der Waals surface area contributed by atoms with Gasteiger partial charge in [-0.25, -0.2) is 13.8 Å². The van der Waals surface area contributed by atoms with Crippen LogP contribution in [0, 0.1) is 6.92 Å². The molecule has 1 amide bonds. The number of carbonyl (C=O) groups is 1. The summed E-state index contributed by atoms with van der Waals surface area (Å²) in [5.41, 5.74) is 2.45. The van der Waals surface area contributed by atoms with Crippen molar-refractivity contribution in [2.75, 3.05) is 31.3 Å². The first-order valence-electron chi connectivity index (χ1n) is 7.93. The largest absolute Gasteiger partial charge is 0.497 e. The Balaban J connectivity index is 2.20. The van der Waals surface area contributed by atoms with Gasteiger partial charge in [-0.2, -0.15) is 5.10 Å². The first-order valence-corrected chi connectivity index (χ1v) is 10.6. The zero-order valence-corrected chi connectivity index (χ0v) is 18.1. The summed E-state index contributed by atoms with van der Waals surface area (Å²) < 4.78 is 41.9. The molecule has 2 aromatic rings. The number of anilines is 1. The molecule has 0 saturated heterocycles. The van der Waals surface area contributed by atoms with E-state index < -0.39 is 22.5 Å². The molecule has 0 atom stereocenters. The maximum absolute atomic E-state index is 12.3. The van der Waals surface area contributed by atoms with Gasteiger partial charge in [-0.05, 0) is 35.0 Å². The number of amides is 1. The third-order valence-corrected chi connectivity index (χ3v) is 5.51. The summed E-state index contributed by atoms with van der Waals surface area (Å²) in [6.07, 6.45) is 2.30. The number of nitrogens with zero attached hydrogens (tertiary/aromatic N) is 2. The lowest BCUT2D eigenvalue weighted by atomic mass is 10.2. The van der Waals surface area contributed by atoms with Crippen molar-refractivity contribution in [2.24, 2.45) is 5.10 Å². The lowest BCUT2D eigenvalue weighted by Gasteiger charge is -2.23. The maximum Gasteiger partial charge on any atom is 0.260 e. The Morgan fingerprint density at radius 3 is 2.57 bits per heavy atom. The second-order valence-corrected chi connectivity index (χ2v) is 8.41. The van der Waals surface area contributed by atoms with Crippen LogP contribution in [0.15, 0.2) is 38.3 Å². The van der Waals surface area contributed by atoms with Crippen molar-refractivity contribution in [3.63, 3.8) is 0 Å². The van der Waals surface area contributed by atoms with E-state index in [4.69, 9.17) is 13.9 Å². The highest BCUT2D eigenvalue weighted by Gasteiger charge is 2.24. The molecular formula is C17H20BrN3O6S. The number of aryl methyl sites for hydroxylation is 1. The molecule has 0 spiro atoms. The third kappa shape index (κ3) is 5.49. The van der Waals surface area contributed by atoms with Crippen LogP contribution >= 0.6 is 15.9 Å². The van der Waals surface area contributed by atoms with Gasteiger partial charge >= 0.3 is 0 Å². The van der Waals surface area contributed by atoms with Gasteiger partial charge in [0.05, 0.1) is 36.9 Å². The molecule has 0 bridgehead atoms. The van der Waals surface area contributed by atoms with E-state index in [1.807, 2.05) is 0 Å². The van der Waals surface area contributed by atoms with Crippen molar-refractivity contribution in [3.8, 4) is 11.5 Å². The number of hydrogen-bond acceptors (Lipinski definition) is 7. The quantitative estimate of drug-likeness (QED) is 0.465. The van der Waals surface area contributed by atoms with Crippen molar-refractivity contribution >= 4 is 43.8 Å². The van der Waals surface area contributed by atoms with Crippen molar-refractivity contribution in [1.82, 2.24) is 5.43 Å². The van der Waals surface area contributed by atoms with E-state index >= 15 is 0 Å². The zero-order valence-electron chi connectivity index (χ0n) is 15.7. The second-order valence-electron chi connectivity index (χ2n) is 5.65. The number of furan rings is 1. The van der Waals surface area contributed by atoms with Crippen LogP contribution in [0.5, 0.6) is 11.5 Å². The normalized spacial score (nSPS) is 11.5. The highest BCUT2D eigenvalue weighted by Crippen LogP contribution is 2.33. The molecule has 0 unspecified atom stereocenters. The molecule has 2 rings (SSSR count). The first-order chi connectivity index (χ1) is 13.2. The van der Waals surface area contributed by atoms with Gasteiger partial charge in [0.2, 0.25) is 10.0 Å². The lowest BCUT2D eigenvalue weighted by Crippen LogP contribution is -2.39. The number of sulfonamides is 1. The molecule has 0 aliphatic heterocycles. The Bertz CT molecular complexity index is 967. The van der Waals surface area contributed by atoms with Crippen LogP contribution in [0.4, 0.5) is 5.69 Å². The van der Waals surface area contributed by atoms with E-state index in [1.54, 1.807) is 25.1 Å². The molecular weight excluding hydrogens is 454 g/mol. The fraction of sp³-hybridized carbons (Fsp3) is 0.294. The number of carbonyl (C=O) groups excluding carboxylic acids is 1. The summed E-state index contributed by atoms with van der Waals surface area (Å²) in [6, 6.07) is 6.34. The van der Waals surface area contributed by atoms with E-state index in [-0.39, 0.29) is 11.4 Å². The summed E-state index contributed by atoms with van der Waals surface area (Å²) in [6.45, 7) is 1.27. The van der Waals surface area contributed by atoms with Crippen molar-refractivity contribution in [1.29, 1.82) is 0 Å². The maximum atomic E-state index is 12.3. The number of halogens is 1. The van der Waals surface area contributed by atoms with Gasteiger partial charge in [0, 0.05) is 12.1 Å². The number of nitrogens with one attached hydrogen (secondary N) is 1. The topological polar surface area (TPSA) is 110 Å². The number of benzene rings is 1. The average Bonchev–Trinajstić information content (AvgIpc) is 2.95. The fourth-order valence-electron chi connectivity index (χ4n) is 2.25. The van der Waals surface area contributed by atoms with Gasteiger partial charge in [-0.3, -0.25) is 9.10 Å². The Hall–Kier alpha value is -2.53. The molecule has 9 nitrogen and oxygen atoms in total. The molecule has 1 heterocycles. The summed E-state index contributed by atoms with van der Waals surface area (Å²) in [7, 11) is -0.936. The predicted octanol–water partition coefficient (Wildman–Crippen LogP) is 2.28. The summed E-state index contributed by atoms with van der Waals surface area (Å²) in [5, 5.41) is 3.78. The first kappa shape index (κ1) is 21.8. The molecule has 0 fully saturated rings. The Kier molecular flexibility index (Phi) is 7.08.